The van der Waals surface area contributed by atoms with Crippen molar-refractivity contribution in [3.05, 3.63) is 27.7 Å². The van der Waals surface area contributed by atoms with E-state index in [0.717, 1.165) is 38.5 Å². The predicted molar refractivity (Wildman–Crippen MR) is 74.0 cm³/mol. The number of nitrogens with zero attached hydrogens (tertiary/aromatic N) is 2. The Morgan fingerprint density at radius 1 is 1.35 bits per heavy atom. The monoisotopic (exact) mass is 267 g/mol. The van der Waals surface area contributed by atoms with Crippen molar-refractivity contribution in [2.24, 2.45) is 0 Å². The number of aromatic nitrogens is 2. The van der Waals surface area contributed by atoms with E-state index < -0.39 is 0 Å². The lowest BCUT2D eigenvalue weighted by Gasteiger charge is -2.10. The average molecular weight is 268 g/mol. The van der Waals surface area contributed by atoms with Crippen LogP contribution in [0.1, 0.15) is 18.2 Å². The average Bonchev–Trinajstić information content (AvgIpc) is 2.76. The summed E-state index contributed by atoms with van der Waals surface area (Å²) in [4.78, 5) is 10.1. The van der Waals surface area contributed by atoms with Crippen molar-refractivity contribution in [3.8, 4) is 10.7 Å². The van der Waals surface area contributed by atoms with Gasteiger partial charge in [-0.15, -0.1) is 11.3 Å². The van der Waals surface area contributed by atoms with Crippen LogP contribution in [0.15, 0.2) is 12.1 Å². The molecule has 0 radical (unpaired) electrons. The number of aryl methyl sites for hydroxylation is 1. The van der Waals surface area contributed by atoms with Gasteiger partial charge in [0.1, 0.15) is 5.82 Å². The predicted octanol–water partition coefficient (Wildman–Crippen LogP) is 3.77. The van der Waals surface area contributed by atoms with Gasteiger partial charge in [0.25, 0.3) is 0 Å². The largest absolute Gasteiger partial charge is 0.373 e. The molecule has 0 aliphatic rings. The molecular weight excluding hydrogens is 254 g/mol. The fourth-order valence-electron chi connectivity index (χ4n) is 1.70. The molecule has 0 unspecified atom stereocenters. The van der Waals surface area contributed by atoms with Gasteiger partial charge in [-0.2, -0.15) is 0 Å². The molecule has 0 aliphatic carbocycles. The number of thiophene rings is 1. The van der Waals surface area contributed by atoms with Crippen molar-refractivity contribution >= 4 is 28.8 Å². The van der Waals surface area contributed by atoms with Crippen LogP contribution in [0.3, 0.4) is 0 Å². The lowest BCUT2D eigenvalue weighted by Crippen LogP contribution is -2.04. The molecule has 0 saturated heterocycles. The minimum atomic E-state index is 0.744. The highest BCUT2D eigenvalue weighted by atomic mass is 35.5. The molecule has 3 nitrogen and oxygen atoms in total. The van der Waals surface area contributed by atoms with Crippen LogP contribution in [-0.2, 0) is 6.42 Å². The van der Waals surface area contributed by atoms with Gasteiger partial charge >= 0.3 is 0 Å². The number of nitrogens with one attached hydrogen (secondary N) is 1. The smallest absolute Gasteiger partial charge is 0.171 e. The summed E-state index contributed by atoms with van der Waals surface area (Å²) >= 11 is 7.43. The third-order valence-electron chi connectivity index (χ3n) is 2.61. The molecule has 2 aromatic heterocycles. The van der Waals surface area contributed by atoms with E-state index in [9.17, 15) is 0 Å². The van der Waals surface area contributed by atoms with Gasteiger partial charge < -0.3 is 5.32 Å². The first-order chi connectivity index (χ1) is 8.15. The second kappa shape index (κ2) is 5.02. The first kappa shape index (κ1) is 12.3. The maximum atomic E-state index is 5.94. The van der Waals surface area contributed by atoms with Crippen LogP contribution < -0.4 is 5.32 Å². The summed E-state index contributed by atoms with van der Waals surface area (Å²) < 4.78 is 0.758. The van der Waals surface area contributed by atoms with Crippen LogP contribution in [0, 0.1) is 6.92 Å². The summed E-state index contributed by atoms with van der Waals surface area (Å²) in [7, 11) is 1.87. The summed E-state index contributed by atoms with van der Waals surface area (Å²) in [5.41, 5.74) is 2.19. The molecule has 0 amide bonds. The fourth-order valence-corrected chi connectivity index (χ4v) is 2.67. The molecule has 0 atom stereocenters. The summed E-state index contributed by atoms with van der Waals surface area (Å²) in [6.07, 6.45) is 0.898. The lowest BCUT2D eigenvalue weighted by molar-refractivity contribution is 0.980. The number of rotatable bonds is 3. The summed E-state index contributed by atoms with van der Waals surface area (Å²) in [5, 5.41) is 3.11. The molecule has 17 heavy (non-hydrogen) atoms. The fraction of sp³-hybridized carbons (Fsp3) is 0.333. The Labute approximate surface area is 110 Å². The van der Waals surface area contributed by atoms with Gasteiger partial charge in [0.2, 0.25) is 0 Å². The Morgan fingerprint density at radius 2 is 2.12 bits per heavy atom. The van der Waals surface area contributed by atoms with Crippen molar-refractivity contribution < 1.29 is 0 Å². The van der Waals surface area contributed by atoms with Crippen molar-refractivity contribution in [1.82, 2.24) is 9.97 Å². The highest BCUT2D eigenvalue weighted by molar-refractivity contribution is 7.19. The van der Waals surface area contributed by atoms with Gasteiger partial charge in [0, 0.05) is 18.3 Å². The maximum Gasteiger partial charge on any atom is 0.171 e. The van der Waals surface area contributed by atoms with E-state index in [2.05, 4.69) is 22.2 Å². The summed E-state index contributed by atoms with van der Waals surface area (Å²) in [6.45, 7) is 4.13. The van der Waals surface area contributed by atoms with E-state index in [0.29, 0.717) is 0 Å². The third-order valence-corrected chi connectivity index (χ3v) is 3.84. The molecule has 0 fully saturated rings. The molecule has 0 saturated carbocycles. The second-order valence-corrected chi connectivity index (χ2v) is 5.39. The lowest BCUT2D eigenvalue weighted by atomic mass is 10.2. The molecule has 0 aliphatic heterocycles. The van der Waals surface area contributed by atoms with Crippen LogP contribution in [0.4, 0.5) is 5.82 Å². The first-order valence-corrected chi connectivity index (χ1v) is 6.66. The molecule has 0 bridgehead atoms. The maximum absolute atomic E-state index is 5.94. The molecule has 0 aromatic carbocycles. The second-order valence-electron chi connectivity index (χ2n) is 3.67. The Hall–Kier alpha value is -1.13. The van der Waals surface area contributed by atoms with E-state index in [-0.39, 0.29) is 0 Å². The van der Waals surface area contributed by atoms with Gasteiger partial charge in [-0.05, 0) is 25.5 Å². The summed E-state index contributed by atoms with van der Waals surface area (Å²) in [5.74, 6) is 1.63. The van der Waals surface area contributed by atoms with Crippen LogP contribution in [0.5, 0.6) is 0 Å². The zero-order valence-electron chi connectivity index (χ0n) is 10.0. The Morgan fingerprint density at radius 3 is 2.65 bits per heavy atom. The van der Waals surface area contributed by atoms with Crippen LogP contribution in [0.25, 0.3) is 10.7 Å². The molecule has 5 heteroatoms. The zero-order chi connectivity index (χ0) is 12.4. The molecule has 0 spiro atoms. The highest BCUT2D eigenvalue weighted by Gasteiger charge is 2.11. The highest BCUT2D eigenvalue weighted by Crippen LogP contribution is 2.30. The van der Waals surface area contributed by atoms with Gasteiger partial charge in [-0.1, -0.05) is 18.5 Å². The van der Waals surface area contributed by atoms with E-state index in [1.165, 1.54) is 11.3 Å². The Kier molecular flexibility index (Phi) is 3.64. The van der Waals surface area contributed by atoms with E-state index in [4.69, 9.17) is 11.6 Å². The standard InChI is InChI=1S/C12H14ClN3S/c1-4-8-7(2)11(14-3)16-12(15-8)9-5-6-10(13)17-9/h5-6H,4H2,1-3H3,(H,14,15,16). The topological polar surface area (TPSA) is 37.8 Å². The molecule has 90 valence electrons. The molecule has 2 heterocycles. The quantitative estimate of drug-likeness (QED) is 0.920. The summed E-state index contributed by atoms with van der Waals surface area (Å²) in [6, 6.07) is 3.83. The third kappa shape index (κ3) is 2.42. The van der Waals surface area contributed by atoms with Gasteiger partial charge in [-0.25, -0.2) is 9.97 Å². The normalized spacial score (nSPS) is 10.6. The van der Waals surface area contributed by atoms with Crippen molar-refractivity contribution in [2.75, 3.05) is 12.4 Å². The van der Waals surface area contributed by atoms with E-state index in [1.807, 2.05) is 26.1 Å². The van der Waals surface area contributed by atoms with Crippen LogP contribution in [-0.4, -0.2) is 17.0 Å². The minimum Gasteiger partial charge on any atom is -0.373 e. The number of hydrogen-bond acceptors (Lipinski definition) is 4. The first-order valence-electron chi connectivity index (χ1n) is 5.46. The van der Waals surface area contributed by atoms with Crippen LogP contribution >= 0.6 is 22.9 Å². The molecule has 2 aromatic rings. The van der Waals surface area contributed by atoms with Crippen molar-refractivity contribution in [1.29, 1.82) is 0 Å². The minimum absolute atomic E-state index is 0.744. The van der Waals surface area contributed by atoms with E-state index in [1.54, 1.807) is 0 Å². The Bertz CT molecular complexity index is 511. The zero-order valence-corrected chi connectivity index (χ0v) is 11.6. The SMILES string of the molecule is CCc1nc(-c2ccc(Cl)s2)nc(NC)c1C. The molecule has 2 rings (SSSR count). The molecule has 1 N–H and O–H groups in total. The molecular formula is C12H14ClN3S. The van der Waals surface area contributed by atoms with Crippen molar-refractivity contribution in [3.63, 3.8) is 0 Å². The number of halogens is 1. The van der Waals surface area contributed by atoms with Gasteiger partial charge in [0.15, 0.2) is 5.82 Å². The van der Waals surface area contributed by atoms with Gasteiger partial charge in [0.05, 0.1) is 9.21 Å². The van der Waals surface area contributed by atoms with E-state index >= 15 is 0 Å². The van der Waals surface area contributed by atoms with Crippen LogP contribution in [0.2, 0.25) is 4.34 Å². The number of anilines is 1. The number of hydrogen-bond donors (Lipinski definition) is 1. The Balaban J connectivity index is 2.55. The van der Waals surface area contributed by atoms with Crippen molar-refractivity contribution in [2.45, 2.75) is 20.3 Å². The van der Waals surface area contributed by atoms with Gasteiger partial charge in [-0.3, -0.25) is 0 Å².